The van der Waals surface area contributed by atoms with Crippen molar-refractivity contribution in [3.8, 4) is 0 Å². The van der Waals surface area contributed by atoms with Crippen molar-refractivity contribution in [1.82, 2.24) is 9.88 Å². The molecule has 1 heterocycles. The number of benzene rings is 1. The maximum atomic E-state index is 12.7. The third-order valence-electron chi connectivity index (χ3n) is 3.65. The molecule has 2 rings (SSSR count). The van der Waals surface area contributed by atoms with Crippen LogP contribution in [-0.4, -0.2) is 33.7 Å². The Kier molecular flexibility index (Phi) is 6.12. The van der Waals surface area contributed by atoms with Gasteiger partial charge in [0.25, 0.3) is 0 Å². The molecule has 0 aliphatic carbocycles. The fourth-order valence-corrected chi connectivity index (χ4v) is 3.04. The second-order valence-corrected chi connectivity index (χ2v) is 6.69. The quantitative estimate of drug-likeness (QED) is 0.850. The van der Waals surface area contributed by atoms with Gasteiger partial charge in [-0.15, -0.1) is 11.3 Å². The minimum Gasteiger partial charge on any atom is -0.394 e. The molecule has 1 aromatic carbocycles. The number of nitrogens with zero attached hydrogens (tertiary/aromatic N) is 2. The molecule has 0 bridgehead atoms. The molecule has 0 aliphatic rings. The number of carbonyl (C=O) groups is 1. The normalized spacial score (nSPS) is 12.2. The van der Waals surface area contributed by atoms with Gasteiger partial charge in [0.15, 0.2) is 5.13 Å². The van der Waals surface area contributed by atoms with Gasteiger partial charge >= 0.3 is 6.03 Å². The van der Waals surface area contributed by atoms with Crippen LogP contribution in [0.3, 0.4) is 0 Å². The van der Waals surface area contributed by atoms with Crippen LogP contribution >= 0.6 is 11.3 Å². The van der Waals surface area contributed by atoms with Crippen LogP contribution in [0.15, 0.2) is 35.7 Å². The molecule has 0 fully saturated rings. The summed E-state index contributed by atoms with van der Waals surface area (Å²) in [5.41, 5.74) is 1.90. The Morgan fingerprint density at radius 1 is 1.35 bits per heavy atom. The Morgan fingerprint density at radius 2 is 2.04 bits per heavy atom. The van der Waals surface area contributed by atoms with Crippen LogP contribution in [0, 0.1) is 12.8 Å². The van der Waals surface area contributed by atoms with Crippen LogP contribution in [0.4, 0.5) is 9.93 Å². The van der Waals surface area contributed by atoms with Gasteiger partial charge < -0.3 is 10.0 Å². The number of aliphatic hydroxyl groups excluding tert-OH is 1. The van der Waals surface area contributed by atoms with Crippen LogP contribution in [0.1, 0.15) is 25.1 Å². The molecule has 2 N–H and O–H groups in total. The second kappa shape index (κ2) is 8.08. The number of thiazole rings is 1. The highest BCUT2D eigenvalue weighted by molar-refractivity contribution is 7.13. The lowest BCUT2D eigenvalue weighted by Gasteiger charge is -2.33. The van der Waals surface area contributed by atoms with Gasteiger partial charge in [-0.05, 0) is 18.4 Å². The van der Waals surface area contributed by atoms with E-state index in [1.165, 1.54) is 11.3 Å². The summed E-state index contributed by atoms with van der Waals surface area (Å²) < 4.78 is 0. The number of urea groups is 1. The van der Waals surface area contributed by atoms with Crippen LogP contribution in [0.25, 0.3) is 0 Å². The van der Waals surface area contributed by atoms with E-state index in [0.29, 0.717) is 11.7 Å². The highest BCUT2D eigenvalue weighted by Crippen LogP contribution is 2.19. The molecule has 0 aliphatic heterocycles. The van der Waals surface area contributed by atoms with E-state index in [4.69, 9.17) is 0 Å². The van der Waals surface area contributed by atoms with Crippen molar-refractivity contribution in [2.75, 3.05) is 11.9 Å². The van der Waals surface area contributed by atoms with Crippen molar-refractivity contribution in [3.63, 3.8) is 0 Å². The third kappa shape index (κ3) is 4.77. The number of rotatable bonds is 6. The zero-order valence-electron chi connectivity index (χ0n) is 13.7. The molecule has 6 heteroatoms. The average molecular weight is 333 g/mol. The summed E-state index contributed by atoms with van der Waals surface area (Å²) in [5, 5.41) is 15.0. The fraction of sp³-hybridized carbons (Fsp3) is 0.412. The summed E-state index contributed by atoms with van der Waals surface area (Å²) in [5.74, 6) is 0.146. The van der Waals surface area contributed by atoms with Gasteiger partial charge in [0.1, 0.15) is 0 Å². The maximum absolute atomic E-state index is 12.7. The lowest BCUT2D eigenvalue weighted by atomic mass is 10.0. The fourth-order valence-electron chi connectivity index (χ4n) is 2.36. The van der Waals surface area contributed by atoms with Gasteiger partial charge in [-0.2, -0.15) is 0 Å². The molecule has 0 saturated heterocycles. The summed E-state index contributed by atoms with van der Waals surface area (Å²) in [6.45, 7) is 6.26. The second-order valence-electron chi connectivity index (χ2n) is 5.83. The smallest absolute Gasteiger partial charge is 0.324 e. The van der Waals surface area contributed by atoms with Crippen molar-refractivity contribution in [2.45, 2.75) is 33.4 Å². The molecule has 1 aromatic heterocycles. The first-order chi connectivity index (χ1) is 11.0. The summed E-state index contributed by atoms with van der Waals surface area (Å²) in [7, 11) is 0. The lowest BCUT2D eigenvalue weighted by molar-refractivity contribution is 0.110. The van der Waals surface area contributed by atoms with Gasteiger partial charge in [-0.1, -0.05) is 44.2 Å². The minimum atomic E-state index is -0.253. The Balaban J connectivity index is 2.19. The molecule has 23 heavy (non-hydrogen) atoms. The van der Waals surface area contributed by atoms with E-state index in [1.807, 2.05) is 56.5 Å². The zero-order valence-corrected chi connectivity index (χ0v) is 14.5. The number of hydrogen-bond acceptors (Lipinski definition) is 4. The Bertz CT molecular complexity index is 628. The first-order valence-electron chi connectivity index (χ1n) is 7.65. The van der Waals surface area contributed by atoms with Gasteiger partial charge in [0, 0.05) is 11.9 Å². The topological polar surface area (TPSA) is 65.5 Å². The number of hydrogen-bond donors (Lipinski definition) is 2. The van der Waals surface area contributed by atoms with E-state index in [-0.39, 0.29) is 24.6 Å². The number of nitrogens with one attached hydrogen (secondary N) is 1. The minimum absolute atomic E-state index is 0.0746. The number of anilines is 1. The van der Waals surface area contributed by atoms with Crippen molar-refractivity contribution in [3.05, 3.63) is 47.0 Å². The Hall–Kier alpha value is -1.92. The molecule has 0 saturated carbocycles. The lowest BCUT2D eigenvalue weighted by Crippen LogP contribution is -2.47. The molecule has 1 unspecified atom stereocenters. The summed E-state index contributed by atoms with van der Waals surface area (Å²) in [6.07, 6.45) is 0. The predicted octanol–water partition coefficient (Wildman–Crippen LogP) is 3.50. The SMILES string of the molecule is Cc1csc(NC(=O)N(Cc2ccccc2)C(CO)C(C)C)n1. The van der Waals surface area contributed by atoms with Gasteiger partial charge in [0.2, 0.25) is 0 Å². The van der Waals surface area contributed by atoms with Crippen LogP contribution < -0.4 is 5.32 Å². The predicted molar refractivity (Wildman–Crippen MR) is 93.6 cm³/mol. The first kappa shape index (κ1) is 17.4. The third-order valence-corrected chi connectivity index (χ3v) is 4.52. The van der Waals surface area contributed by atoms with E-state index in [9.17, 15) is 9.90 Å². The van der Waals surface area contributed by atoms with Crippen molar-refractivity contribution >= 4 is 22.5 Å². The first-order valence-corrected chi connectivity index (χ1v) is 8.53. The molecular formula is C17H23N3O2S. The number of aromatic nitrogens is 1. The highest BCUT2D eigenvalue weighted by atomic mass is 32.1. The number of amides is 2. The van der Waals surface area contributed by atoms with E-state index in [2.05, 4.69) is 10.3 Å². The monoisotopic (exact) mass is 333 g/mol. The van der Waals surface area contributed by atoms with Gasteiger partial charge in [-0.3, -0.25) is 5.32 Å². The van der Waals surface area contributed by atoms with Crippen molar-refractivity contribution in [2.24, 2.45) is 5.92 Å². The largest absolute Gasteiger partial charge is 0.394 e. The summed E-state index contributed by atoms with van der Waals surface area (Å²) >= 11 is 1.40. The van der Waals surface area contributed by atoms with E-state index >= 15 is 0 Å². The zero-order chi connectivity index (χ0) is 16.8. The van der Waals surface area contributed by atoms with Crippen LogP contribution in [0.5, 0.6) is 0 Å². The molecule has 0 spiro atoms. The molecule has 1 atom stereocenters. The van der Waals surface area contributed by atoms with Crippen LogP contribution in [0.2, 0.25) is 0 Å². The number of carbonyl (C=O) groups excluding carboxylic acids is 1. The molecule has 2 aromatic rings. The molecule has 0 radical (unpaired) electrons. The van der Waals surface area contributed by atoms with Gasteiger partial charge in [-0.25, -0.2) is 9.78 Å². The van der Waals surface area contributed by atoms with E-state index in [0.717, 1.165) is 11.3 Å². The van der Waals surface area contributed by atoms with E-state index < -0.39 is 0 Å². The van der Waals surface area contributed by atoms with Crippen LogP contribution in [-0.2, 0) is 6.54 Å². The molecule has 124 valence electrons. The number of aryl methyl sites for hydroxylation is 1. The molecule has 2 amide bonds. The average Bonchev–Trinajstić information content (AvgIpc) is 2.92. The summed E-state index contributed by atoms with van der Waals surface area (Å²) in [4.78, 5) is 18.6. The molecule has 5 nitrogen and oxygen atoms in total. The standard InChI is InChI=1S/C17H23N3O2S/c1-12(2)15(10-21)20(9-14-7-5-4-6-8-14)17(22)19-16-18-13(3)11-23-16/h4-8,11-12,15,21H,9-10H2,1-3H3,(H,18,19,22). The van der Waals surface area contributed by atoms with Crippen molar-refractivity contribution in [1.29, 1.82) is 0 Å². The van der Waals surface area contributed by atoms with Crippen molar-refractivity contribution < 1.29 is 9.90 Å². The van der Waals surface area contributed by atoms with E-state index in [1.54, 1.807) is 4.90 Å². The number of aliphatic hydroxyl groups is 1. The molecular weight excluding hydrogens is 310 g/mol. The Labute approximate surface area is 141 Å². The maximum Gasteiger partial charge on any atom is 0.324 e. The Morgan fingerprint density at radius 3 is 2.57 bits per heavy atom. The summed E-state index contributed by atoms with van der Waals surface area (Å²) in [6, 6.07) is 9.29. The van der Waals surface area contributed by atoms with Gasteiger partial charge in [0.05, 0.1) is 18.3 Å². The highest BCUT2D eigenvalue weighted by Gasteiger charge is 2.26.